The van der Waals surface area contributed by atoms with Crippen molar-refractivity contribution in [3.63, 3.8) is 0 Å². The number of nitrogens with zero attached hydrogens (tertiary/aromatic N) is 4. The summed E-state index contributed by atoms with van der Waals surface area (Å²) in [6.07, 6.45) is 4.91. The van der Waals surface area contributed by atoms with Crippen LogP contribution in [-0.4, -0.2) is 61.5 Å². The van der Waals surface area contributed by atoms with Crippen molar-refractivity contribution in [1.82, 2.24) is 19.9 Å². The van der Waals surface area contributed by atoms with Crippen LogP contribution in [0.1, 0.15) is 82.6 Å². The first-order chi connectivity index (χ1) is 19.7. The Labute approximate surface area is 245 Å². The zero-order valence-electron chi connectivity index (χ0n) is 24.8. The number of carbonyl (C=O) groups is 2. The maximum Gasteiger partial charge on any atom is 0.306 e. The number of fused-ring (bicyclic) bond motifs is 1. The summed E-state index contributed by atoms with van der Waals surface area (Å²) in [6, 6.07) is 9.30. The third-order valence-electron chi connectivity index (χ3n) is 7.33. The van der Waals surface area contributed by atoms with Gasteiger partial charge in [-0.05, 0) is 90.5 Å². The number of alkyl halides is 1. The summed E-state index contributed by atoms with van der Waals surface area (Å²) in [4.78, 5) is 30.0. The lowest BCUT2D eigenvalue weighted by Crippen LogP contribution is -2.42. The fourth-order valence-electron chi connectivity index (χ4n) is 5.03. The molecular weight excluding hydrogens is 539 g/mol. The van der Waals surface area contributed by atoms with Crippen LogP contribution in [0.5, 0.6) is 0 Å². The molecule has 224 valence electrons. The van der Waals surface area contributed by atoms with Crippen molar-refractivity contribution >= 4 is 23.1 Å². The van der Waals surface area contributed by atoms with Crippen LogP contribution in [0.25, 0.3) is 16.9 Å². The molecule has 0 radical (unpaired) electrons. The van der Waals surface area contributed by atoms with Gasteiger partial charge in [-0.3, -0.25) is 14.6 Å². The maximum atomic E-state index is 14.4. The lowest BCUT2D eigenvalue weighted by atomic mass is 9.84. The number of halogens is 1. The van der Waals surface area contributed by atoms with E-state index in [-0.39, 0.29) is 30.0 Å². The van der Waals surface area contributed by atoms with Gasteiger partial charge in [0, 0.05) is 18.7 Å². The van der Waals surface area contributed by atoms with E-state index in [2.05, 4.69) is 26.8 Å². The lowest BCUT2D eigenvalue weighted by molar-refractivity contribution is -0.156. The number of amides is 1. The minimum absolute atomic E-state index is 0.0485. The second-order valence-electron chi connectivity index (χ2n) is 12.5. The van der Waals surface area contributed by atoms with E-state index < -0.39 is 23.3 Å². The van der Waals surface area contributed by atoms with Crippen LogP contribution >= 0.6 is 0 Å². The first-order valence-electron chi connectivity index (χ1n) is 14.2. The van der Waals surface area contributed by atoms with Gasteiger partial charge in [-0.1, -0.05) is 0 Å². The summed E-state index contributed by atoms with van der Waals surface area (Å²) >= 11 is 0. The number of carbonyl (C=O) groups excluding carboxylic acids is 2. The Hall–Kier alpha value is -4.04. The van der Waals surface area contributed by atoms with Crippen LogP contribution in [0.4, 0.5) is 10.1 Å². The molecule has 0 bridgehead atoms. The number of aliphatic hydroxyl groups is 1. The number of aromatic nitrogens is 3. The first kappa shape index (κ1) is 30.9. The van der Waals surface area contributed by atoms with Gasteiger partial charge in [0.15, 0.2) is 0 Å². The molecule has 3 heterocycles. The Morgan fingerprint density at radius 3 is 2.52 bits per heavy atom. The van der Waals surface area contributed by atoms with Gasteiger partial charge < -0.3 is 20.5 Å². The van der Waals surface area contributed by atoms with Gasteiger partial charge in [0.2, 0.25) is 0 Å². The van der Waals surface area contributed by atoms with E-state index in [9.17, 15) is 24.3 Å². The van der Waals surface area contributed by atoms with E-state index in [1.54, 1.807) is 16.6 Å². The van der Waals surface area contributed by atoms with Crippen LogP contribution in [0.15, 0.2) is 36.7 Å². The topological polar surface area (TPSA) is 142 Å². The zero-order chi connectivity index (χ0) is 30.7. The maximum absolute atomic E-state index is 14.4. The molecule has 1 amide bonds. The van der Waals surface area contributed by atoms with E-state index in [1.165, 1.54) is 26.2 Å². The number of nitrogens with one attached hydrogen (secondary N) is 2. The fraction of sp³-hybridized carbons (Fsp3) is 0.516. The number of ether oxygens (including phenoxy) is 1. The number of pyridine rings is 1. The SMILES string of the molecule is CC(C)(C)OC(=O)CC1CCC(Nc2cc(-c3ccc4cc(C#N)cnn34)ncc2C(=O)NC[C@@H](F)C(C)(C)O)CC1. The standard InChI is InChI=1S/C31H39FN6O4/c1-30(2,3)42-28(39)13-19-6-8-21(9-7-19)37-24-14-25(26-11-10-22-12-20(15-33)16-36-38(22)26)34-17-23(24)29(40)35-18-27(32)31(4,5)41/h10-12,14,16-17,19,21,27,41H,6-9,13,18H2,1-5H3,(H,34,37)(H,35,40)/t19?,21?,27-/m1/s1. The van der Waals surface area contributed by atoms with Crippen molar-refractivity contribution in [1.29, 1.82) is 5.26 Å². The van der Waals surface area contributed by atoms with E-state index in [0.717, 1.165) is 31.2 Å². The Bertz CT molecular complexity index is 1480. The van der Waals surface area contributed by atoms with E-state index in [4.69, 9.17) is 4.74 Å². The zero-order valence-corrected chi connectivity index (χ0v) is 24.8. The summed E-state index contributed by atoms with van der Waals surface area (Å²) < 4.78 is 21.5. The molecule has 3 aromatic rings. The molecule has 1 fully saturated rings. The Kier molecular flexibility index (Phi) is 9.16. The number of rotatable bonds is 9. The highest BCUT2D eigenvalue weighted by atomic mass is 19.1. The smallest absolute Gasteiger partial charge is 0.306 e. The fourth-order valence-corrected chi connectivity index (χ4v) is 5.03. The molecule has 0 saturated heterocycles. The summed E-state index contributed by atoms with van der Waals surface area (Å²) in [5, 5.41) is 29.6. The minimum atomic E-state index is -1.65. The molecule has 0 spiro atoms. The second kappa shape index (κ2) is 12.4. The van der Waals surface area contributed by atoms with Crippen LogP contribution in [0.2, 0.25) is 0 Å². The van der Waals surface area contributed by atoms with E-state index in [0.29, 0.717) is 29.1 Å². The molecule has 3 aromatic heterocycles. The molecule has 1 saturated carbocycles. The molecule has 0 aromatic carbocycles. The van der Waals surface area contributed by atoms with Gasteiger partial charge in [0.05, 0.1) is 52.1 Å². The molecule has 11 heteroatoms. The quantitative estimate of drug-likeness (QED) is 0.307. The summed E-state index contributed by atoms with van der Waals surface area (Å²) in [5.74, 6) is -0.476. The van der Waals surface area contributed by atoms with Gasteiger partial charge in [-0.15, -0.1) is 0 Å². The van der Waals surface area contributed by atoms with Crippen molar-refractivity contribution in [2.24, 2.45) is 5.92 Å². The van der Waals surface area contributed by atoms with Crippen molar-refractivity contribution < 1.29 is 23.8 Å². The van der Waals surface area contributed by atoms with Crippen molar-refractivity contribution in [3.8, 4) is 17.5 Å². The van der Waals surface area contributed by atoms with Gasteiger partial charge in [0.25, 0.3) is 5.91 Å². The average Bonchev–Trinajstić information content (AvgIpc) is 3.34. The Morgan fingerprint density at radius 1 is 1.17 bits per heavy atom. The molecule has 4 rings (SSSR count). The number of esters is 1. The Morgan fingerprint density at radius 2 is 1.88 bits per heavy atom. The highest BCUT2D eigenvalue weighted by Crippen LogP contribution is 2.32. The average molecular weight is 579 g/mol. The number of nitriles is 1. The minimum Gasteiger partial charge on any atom is -0.460 e. The third-order valence-corrected chi connectivity index (χ3v) is 7.33. The predicted molar refractivity (Wildman–Crippen MR) is 156 cm³/mol. The third kappa shape index (κ3) is 7.82. The number of hydrogen-bond acceptors (Lipinski definition) is 8. The highest BCUT2D eigenvalue weighted by molar-refractivity contribution is 6.00. The monoisotopic (exact) mass is 578 g/mol. The lowest BCUT2D eigenvalue weighted by Gasteiger charge is -2.30. The molecule has 0 aliphatic heterocycles. The molecule has 10 nitrogen and oxygen atoms in total. The van der Waals surface area contributed by atoms with Crippen LogP contribution in [-0.2, 0) is 9.53 Å². The van der Waals surface area contributed by atoms with E-state index >= 15 is 0 Å². The molecular formula is C31H39FN6O4. The Balaban J connectivity index is 1.54. The normalized spacial score (nSPS) is 18.2. The van der Waals surface area contributed by atoms with E-state index in [1.807, 2.05) is 32.9 Å². The molecule has 3 N–H and O–H groups in total. The number of hydrogen-bond donors (Lipinski definition) is 3. The first-order valence-corrected chi connectivity index (χ1v) is 14.2. The molecule has 0 unspecified atom stereocenters. The van der Waals surface area contributed by atoms with Gasteiger partial charge in [-0.2, -0.15) is 10.4 Å². The molecule has 1 aliphatic carbocycles. The largest absolute Gasteiger partial charge is 0.460 e. The van der Waals surface area contributed by atoms with Crippen LogP contribution < -0.4 is 10.6 Å². The van der Waals surface area contributed by atoms with Crippen LogP contribution in [0, 0.1) is 17.2 Å². The summed E-state index contributed by atoms with van der Waals surface area (Å²) in [7, 11) is 0. The van der Waals surface area contributed by atoms with Gasteiger partial charge in [-0.25, -0.2) is 8.91 Å². The highest BCUT2D eigenvalue weighted by Gasteiger charge is 2.29. The second-order valence-corrected chi connectivity index (χ2v) is 12.5. The number of anilines is 1. The predicted octanol–water partition coefficient (Wildman–Crippen LogP) is 4.81. The summed E-state index contributed by atoms with van der Waals surface area (Å²) in [5.41, 5.74) is 1.08. The van der Waals surface area contributed by atoms with Crippen LogP contribution in [0.3, 0.4) is 0 Å². The van der Waals surface area contributed by atoms with Crippen molar-refractivity contribution in [2.45, 2.75) is 90.1 Å². The van der Waals surface area contributed by atoms with Gasteiger partial charge in [0.1, 0.15) is 17.8 Å². The molecule has 1 atom stereocenters. The van der Waals surface area contributed by atoms with Crippen molar-refractivity contribution in [2.75, 3.05) is 11.9 Å². The summed E-state index contributed by atoms with van der Waals surface area (Å²) in [6.45, 7) is 7.92. The molecule has 1 aliphatic rings. The molecule has 42 heavy (non-hydrogen) atoms. The van der Waals surface area contributed by atoms with Gasteiger partial charge >= 0.3 is 5.97 Å². The van der Waals surface area contributed by atoms with Crippen molar-refractivity contribution in [3.05, 3.63) is 47.8 Å².